The summed E-state index contributed by atoms with van der Waals surface area (Å²) in [6, 6.07) is 8.38. The highest BCUT2D eigenvalue weighted by Gasteiger charge is 2.22. The summed E-state index contributed by atoms with van der Waals surface area (Å²) in [6.45, 7) is 7.74. The number of hydrogen-bond donors (Lipinski definition) is 2. The Balaban J connectivity index is 2.02. The summed E-state index contributed by atoms with van der Waals surface area (Å²) < 4.78 is 52.9. The van der Waals surface area contributed by atoms with Crippen LogP contribution in [0.25, 0.3) is 0 Å². The smallest absolute Gasteiger partial charge is 0.315 e. The van der Waals surface area contributed by atoms with Crippen molar-refractivity contribution in [2.75, 3.05) is 13.1 Å². The Labute approximate surface area is 176 Å². The molecule has 30 heavy (non-hydrogen) atoms. The summed E-state index contributed by atoms with van der Waals surface area (Å²) in [4.78, 5) is 12.5. The van der Waals surface area contributed by atoms with Crippen molar-refractivity contribution in [1.82, 2.24) is 14.9 Å². The molecule has 2 aromatic carbocycles. The molecule has 0 radical (unpaired) electrons. The summed E-state index contributed by atoms with van der Waals surface area (Å²) >= 11 is 0. The highest BCUT2D eigenvalue weighted by Crippen LogP contribution is 2.20. The molecule has 0 unspecified atom stereocenters. The Bertz CT molecular complexity index is 977. The summed E-state index contributed by atoms with van der Waals surface area (Å²) in [5.74, 6) is -1.93. The second-order valence-electron chi connectivity index (χ2n) is 6.89. The van der Waals surface area contributed by atoms with E-state index in [1.807, 2.05) is 0 Å². The maximum absolute atomic E-state index is 13.4. The zero-order valence-corrected chi connectivity index (χ0v) is 18.3. The quantitative estimate of drug-likeness (QED) is 0.650. The second-order valence-corrected chi connectivity index (χ2v) is 8.83. The Morgan fingerprint density at radius 1 is 0.900 bits per heavy atom. The van der Waals surface area contributed by atoms with Crippen LogP contribution in [0.1, 0.15) is 50.9 Å². The number of urea groups is 1. The summed E-state index contributed by atoms with van der Waals surface area (Å²) in [5, 5.41) is 5.42. The molecular weight excluding hydrogens is 412 g/mol. The number of benzene rings is 2. The lowest BCUT2D eigenvalue weighted by Gasteiger charge is -2.20. The molecule has 0 bridgehead atoms. The molecule has 2 N–H and O–H groups in total. The van der Waals surface area contributed by atoms with Crippen LogP contribution in [0.15, 0.2) is 47.4 Å². The standard InChI is InChI=1S/C21H27F2N3O3S/c1-5-26(6-2)30(28,29)18-10-7-16(8-11-18)14(3)24-21(27)25-15(4)17-9-12-19(22)20(23)13-17/h7-15H,5-6H2,1-4H3,(H2,24,25,27)/t14-,15+/m1/s1. The Kier molecular flexibility index (Phi) is 7.91. The van der Waals surface area contributed by atoms with Crippen molar-refractivity contribution in [2.45, 2.75) is 44.7 Å². The molecule has 164 valence electrons. The van der Waals surface area contributed by atoms with Gasteiger partial charge in [0, 0.05) is 13.1 Å². The first-order chi connectivity index (χ1) is 14.1. The lowest BCUT2D eigenvalue weighted by atomic mass is 10.1. The average molecular weight is 440 g/mol. The van der Waals surface area contributed by atoms with Crippen LogP contribution in [-0.2, 0) is 10.0 Å². The Morgan fingerprint density at radius 3 is 1.90 bits per heavy atom. The van der Waals surface area contributed by atoms with Gasteiger partial charge in [-0.2, -0.15) is 4.31 Å². The molecule has 2 rings (SSSR count). The van der Waals surface area contributed by atoms with Crippen molar-refractivity contribution in [2.24, 2.45) is 0 Å². The molecular formula is C21H27F2N3O3S. The Morgan fingerprint density at radius 2 is 1.40 bits per heavy atom. The first-order valence-electron chi connectivity index (χ1n) is 9.72. The van der Waals surface area contributed by atoms with Gasteiger partial charge in [0.2, 0.25) is 10.0 Å². The molecule has 0 fully saturated rings. The third-order valence-corrected chi connectivity index (χ3v) is 6.93. The fourth-order valence-electron chi connectivity index (χ4n) is 3.02. The molecule has 0 aromatic heterocycles. The van der Waals surface area contributed by atoms with Crippen LogP contribution in [0, 0.1) is 11.6 Å². The van der Waals surface area contributed by atoms with Crippen molar-refractivity contribution in [3.05, 3.63) is 65.2 Å². The third kappa shape index (κ3) is 5.54. The van der Waals surface area contributed by atoms with E-state index in [-0.39, 0.29) is 4.90 Å². The van der Waals surface area contributed by atoms with Gasteiger partial charge >= 0.3 is 6.03 Å². The largest absolute Gasteiger partial charge is 0.332 e. The van der Waals surface area contributed by atoms with Crippen LogP contribution in [0.4, 0.5) is 13.6 Å². The number of carbonyl (C=O) groups is 1. The number of sulfonamides is 1. The van der Waals surface area contributed by atoms with E-state index in [1.165, 1.54) is 22.5 Å². The van der Waals surface area contributed by atoms with E-state index in [9.17, 15) is 22.0 Å². The van der Waals surface area contributed by atoms with Gasteiger partial charge in [-0.25, -0.2) is 22.0 Å². The van der Waals surface area contributed by atoms with Crippen LogP contribution >= 0.6 is 0 Å². The van der Waals surface area contributed by atoms with E-state index in [0.717, 1.165) is 17.7 Å². The number of carbonyl (C=O) groups excluding carboxylic acids is 1. The van der Waals surface area contributed by atoms with Gasteiger partial charge in [-0.3, -0.25) is 0 Å². The molecule has 2 amide bonds. The number of rotatable bonds is 8. The van der Waals surface area contributed by atoms with Gasteiger partial charge in [0.25, 0.3) is 0 Å². The molecule has 0 saturated heterocycles. The predicted molar refractivity (Wildman–Crippen MR) is 111 cm³/mol. The minimum atomic E-state index is -3.54. The van der Waals surface area contributed by atoms with Gasteiger partial charge in [0.05, 0.1) is 17.0 Å². The van der Waals surface area contributed by atoms with Crippen LogP contribution in [0.2, 0.25) is 0 Å². The van der Waals surface area contributed by atoms with Gasteiger partial charge in [0.15, 0.2) is 11.6 Å². The summed E-state index contributed by atoms with van der Waals surface area (Å²) in [6.07, 6.45) is 0. The highest BCUT2D eigenvalue weighted by molar-refractivity contribution is 7.89. The molecule has 0 aliphatic carbocycles. The van der Waals surface area contributed by atoms with Crippen LogP contribution in [0.5, 0.6) is 0 Å². The van der Waals surface area contributed by atoms with Crippen molar-refractivity contribution in [3.63, 3.8) is 0 Å². The molecule has 0 aliphatic rings. The van der Waals surface area contributed by atoms with Crippen molar-refractivity contribution < 1.29 is 22.0 Å². The number of nitrogens with zero attached hydrogens (tertiary/aromatic N) is 1. The van der Waals surface area contributed by atoms with E-state index in [1.54, 1.807) is 39.8 Å². The minimum absolute atomic E-state index is 0.193. The fraction of sp³-hybridized carbons (Fsp3) is 0.381. The van der Waals surface area contributed by atoms with Crippen LogP contribution in [0.3, 0.4) is 0 Å². The SMILES string of the molecule is CCN(CC)S(=O)(=O)c1ccc([C@@H](C)NC(=O)N[C@@H](C)c2ccc(F)c(F)c2)cc1. The lowest BCUT2D eigenvalue weighted by Crippen LogP contribution is -2.38. The van der Waals surface area contributed by atoms with Gasteiger partial charge < -0.3 is 10.6 Å². The van der Waals surface area contributed by atoms with E-state index in [4.69, 9.17) is 0 Å². The van der Waals surface area contributed by atoms with Gasteiger partial charge in [-0.1, -0.05) is 32.0 Å². The zero-order chi connectivity index (χ0) is 22.5. The molecule has 0 spiro atoms. The maximum Gasteiger partial charge on any atom is 0.315 e. The monoisotopic (exact) mass is 439 g/mol. The van der Waals surface area contributed by atoms with Crippen molar-refractivity contribution in [3.8, 4) is 0 Å². The molecule has 2 aromatic rings. The van der Waals surface area contributed by atoms with Crippen LogP contribution < -0.4 is 10.6 Å². The fourth-order valence-corrected chi connectivity index (χ4v) is 4.48. The van der Waals surface area contributed by atoms with Gasteiger partial charge in [0.1, 0.15) is 0 Å². The minimum Gasteiger partial charge on any atom is -0.332 e. The third-order valence-electron chi connectivity index (χ3n) is 4.86. The predicted octanol–water partition coefficient (Wildman–Crippen LogP) is 4.12. The molecule has 9 heteroatoms. The second kappa shape index (κ2) is 9.99. The number of halogens is 2. The van der Waals surface area contributed by atoms with E-state index >= 15 is 0 Å². The molecule has 0 heterocycles. The van der Waals surface area contributed by atoms with Gasteiger partial charge in [-0.05, 0) is 49.2 Å². The average Bonchev–Trinajstić information content (AvgIpc) is 2.70. The van der Waals surface area contributed by atoms with E-state index in [0.29, 0.717) is 18.7 Å². The first kappa shape index (κ1) is 23.8. The number of nitrogens with one attached hydrogen (secondary N) is 2. The topological polar surface area (TPSA) is 78.5 Å². The molecule has 6 nitrogen and oxygen atoms in total. The number of amides is 2. The molecule has 0 saturated carbocycles. The van der Waals surface area contributed by atoms with E-state index in [2.05, 4.69) is 10.6 Å². The lowest BCUT2D eigenvalue weighted by molar-refractivity contribution is 0.235. The van der Waals surface area contributed by atoms with Crippen molar-refractivity contribution >= 4 is 16.1 Å². The van der Waals surface area contributed by atoms with Crippen LogP contribution in [-0.4, -0.2) is 31.8 Å². The normalized spacial score (nSPS) is 13.7. The van der Waals surface area contributed by atoms with Crippen molar-refractivity contribution in [1.29, 1.82) is 0 Å². The number of hydrogen-bond acceptors (Lipinski definition) is 3. The van der Waals surface area contributed by atoms with E-state index < -0.39 is 39.8 Å². The zero-order valence-electron chi connectivity index (χ0n) is 17.4. The maximum atomic E-state index is 13.4. The Hall–Kier alpha value is -2.52. The summed E-state index contributed by atoms with van der Waals surface area (Å²) in [7, 11) is -3.54. The molecule has 2 atom stereocenters. The molecule has 0 aliphatic heterocycles. The van der Waals surface area contributed by atoms with Gasteiger partial charge in [-0.15, -0.1) is 0 Å². The summed E-state index contributed by atoms with van der Waals surface area (Å²) in [5.41, 5.74) is 1.16. The highest BCUT2D eigenvalue weighted by atomic mass is 32.2. The first-order valence-corrected chi connectivity index (χ1v) is 11.2.